The van der Waals surface area contributed by atoms with Crippen LogP contribution < -0.4 is 22.1 Å². The summed E-state index contributed by atoms with van der Waals surface area (Å²) in [5.74, 6) is 0. The molecule has 0 aliphatic rings. The van der Waals surface area contributed by atoms with Gasteiger partial charge < -0.3 is 22.1 Å². The SMILES string of the molecule is CCCNCCCCCCCCCCCNCCC(C)(N)N. The van der Waals surface area contributed by atoms with Crippen LogP contribution in [0, 0.1) is 0 Å². The summed E-state index contributed by atoms with van der Waals surface area (Å²) in [6.45, 7) is 8.49. The fourth-order valence-corrected chi connectivity index (χ4v) is 2.52. The molecule has 6 N–H and O–H groups in total. The van der Waals surface area contributed by atoms with E-state index in [1.54, 1.807) is 0 Å². The van der Waals surface area contributed by atoms with Crippen molar-refractivity contribution in [2.75, 3.05) is 26.2 Å². The fraction of sp³-hybridized carbons (Fsp3) is 1.00. The van der Waals surface area contributed by atoms with Gasteiger partial charge in [0.2, 0.25) is 0 Å². The Balaban J connectivity index is 3.00. The lowest BCUT2D eigenvalue weighted by Gasteiger charge is -2.18. The van der Waals surface area contributed by atoms with Gasteiger partial charge in [-0.2, -0.15) is 0 Å². The summed E-state index contributed by atoms with van der Waals surface area (Å²) in [5.41, 5.74) is 10.9. The molecule has 0 unspecified atom stereocenters. The van der Waals surface area contributed by atoms with E-state index in [4.69, 9.17) is 11.5 Å². The number of rotatable bonds is 17. The maximum Gasteiger partial charge on any atom is 0.0619 e. The van der Waals surface area contributed by atoms with Crippen molar-refractivity contribution in [3.63, 3.8) is 0 Å². The molecule has 0 atom stereocenters. The van der Waals surface area contributed by atoms with Gasteiger partial charge in [-0.25, -0.2) is 0 Å². The molecule has 0 aromatic rings. The Labute approximate surface area is 139 Å². The van der Waals surface area contributed by atoms with E-state index in [1.807, 2.05) is 6.92 Å². The quantitative estimate of drug-likeness (QED) is 0.246. The maximum atomic E-state index is 5.73. The third-order valence-electron chi connectivity index (χ3n) is 3.97. The Bertz CT molecular complexity index is 214. The van der Waals surface area contributed by atoms with Crippen LogP contribution in [0.1, 0.15) is 84.5 Å². The molecule has 0 aliphatic carbocycles. The molecule has 0 saturated heterocycles. The molecule has 4 nitrogen and oxygen atoms in total. The van der Waals surface area contributed by atoms with E-state index in [0.717, 1.165) is 19.5 Å². The minimum absolute atomic E-state index is 0.529. The molecule has 134 valence electrons. The number of hydrogen-bond acceptors (Lipinski definition) is 4. The van der Waals surface area contributed by atoms with Gasteiger partial charge in [0.15, 0.2) is 0 Å². The van der Waals surface area contributed by atoms with Crippen molar-refractivity contribution in [2.24, 2.45) is 11.5 Å². The predicted molar refractivity (Wildman–Crippen MR) is 99.0 cm³/mol. The third-order valence-corrected chi connectivity index (χ3v) is 3.97. The summed E-state index contributed by atoms with van der Waals surface area (Å²) in [6.07, 6.45) is 14.4. The van der Waals surface area contributed by atoms with Crippen molar-refractivity contribution in [3.8, 4) is 0 Å². The van der Waals surface area contributed by atoms with Crippen molar-refractivity contribution in [1.29, 1.82) is 0 Å². The van der Waals surface area contributed by atoms with Gasteiger partial charge in [-0.05, 0) is 58.8 Å². The Morgan fingerprint density at radius 3 is 1.45 bits per heavy atom. The summed E-state index contributed by atoms with van der Waals surface area (Å²) in [4.78, 5) is 0. The van der Waals surface area contributed by atoms with Crippen LogP contribution in [0.25, 0.3) is 0 Å². The van der Waals surface area contributed by atoms with Gasteiger partial charge in [0.1, 0.15) is 0 Å². The van der Waals surface area contributed by atoms with Gasteiger partial charge in [0.25, 0.3) is 0 Å². The second kappa shape index (κ2) is 15.7. The molecule has 0 bridgehead atoms. The Morgan fingerprint density at radius 1 is 0.636 bits per heavy atom. The standard InChI is InChI=1S/C18H42N4/c1-3-14-21-15-11-9-7-5-4-6-8-10-12-16-22-17-13-18(2,19)20/h21-22H,3-17,19-20H2,1-2H3. The first-order valence-corrected chi connectivity index (χ1v) is 9.55. The lowest BCUT2D eigenvalue weighted by Crippen LogP contribution is -2.48. The molecule has 0 saturated carbocycles. The molecule has 0 spiro atoms. The summed E-state index contributed by atoms with van der Waals surface area (Å²) in [5, 5.41) is 6.88. The average molecular weight is 315 g/mol. The molecule has 4 heteroatoms. The molecule has 0 aromatic heterocycles. The van der Waals surface area contributed by atoms with Gasteiger partial charge in [-0.1, -0.05) is 51.9 Å². The minimum Gasteiger partial charge on any atom is -0.317 e. The summed E-state index contributed by atoms with van der Waals surface area (Å²) < 4.78 is 0. The highest BCUT2D eigenvalue weighted by atomic mass is 15.0. The molecule has 0 rings (SSSR count). The molecule has 22 heavy (non-hydrogen) atoms. The van der Waals surface area contributed by atoms with E-state index in [0.29, 0.717) is 0 Å². The second-order valence-electron chi connectivity index (χ2n) is 6.94. The van der Waals surface area contributed by atoms with Gasteiger partial charge in [-0.3, -0.25) is 0 Å². The van der Waals surface area contributed by atoms with Crippen molar-refractivity contribution in [1.82, 2.24) is 10.6 Å². The highest BCUT2D eigenvalue weighted by Crippen LogP contribution is 2.09. The molecule has 0 aromatic carbocycles. The van der Waals surface area contributed by atoms with Crippen LogP contribution in [0.5, 0.6) is 0 Å². The monoisotopic (exact) mass is 314 g/mol. The summed E-state index contributed by atoms with van der Waals surface area (Å²) in [7, 11) is 0. The van der Waals surface area contributed by atoms with E-state index < -0.39 is 5.66 Å². The van der Waals surface area contributed by atoms with Crippen LogP contribution in [0.15, 0.2) is 0 Å². The minimum atomic E-state index is -0.529. The smallest absolute Gasteiger partial charge is 0.0619 e. The predicted octanol–water partition coefficient (Wildman–Crippen LogP) is 3.11. The highest BCUT2D eigenvalue weighted by molar-refractivity contribution is 4.70. The van der Waals surface area contributed by atoms with E-state index in [1.165, 1.54) is 77.3 Å². The van der Waals surface area contributed by atoms with Crippen molar-refractivity contribution in [2.45, 2.75) is 90.1 Å². The first-order chi connectivity index (χ1) is 10.6. The highest BCUT2D eigenvalue weighted by Gasteiger charge is 2.08. The largest absolute Gasteiger partial charge is 0.317 e. The lowest BCUT2D eigenvalue weighted by atomic mass is 10.1. The molecule has 0 fully saturated rings. The van der Waals surface area contributed by atoms with Gasteiger partial charge in [0.05, 0.1) is 5.66 Å². The first-order valence-electron chi connectivity index (χ1n) is 9.55. The van der Waals surface area contributed by atoms with Crippen LogP contribution in [-0.4, -0.2) is 31.8 Å². The maximum absolute atomic E-state index is 5.73. The normalized spacial score (nSPS) is 12.0. The molecular weight excluding hydrogens is 272 g/mol. The lowest BCUT2D eigenvalue weighted by molar-refractivity contribution is 0.430. The molecule has 0 aliphatic heterocycles. The molecule has 0 amide bonds. The zero-order valence-electron chi connectivity index (χ0n) is 15.3. The Morgan fingerprint density at radius 2 is 1.05 bits per heavy atom. The number of hydrogen-bond donors (Lipinski definition) is 4. The van der Waals surface area contributed by atoms with Crippen LogP contribution in [0.4, 0.5) is 0 Å². The van der Waals surface area contributed by atoms with Gasteiger partial charge in [0, 0.05) is 0 Å². The second-order valence-corrected chi connectivity index (χ2v) is 6.94. The number of nitrogens with one attached hydrogen (secondary N) is 2. The van der Waals surface area contributed by atoms with Crippen molar-refractivity contribution in [3.05, 3.63) is 0 Å². The van der Waals surface area contributed by atoms with Crippen molar-refractivity contribution >= 4 is 0 Å². The zero-order chi connectivity index (χ0) is 16.5. The van der Waals surface area contributed by atoms with E-state index in [2.05, 4.69) is 17.6 Å². The van der Waals surface area contributed by atoms with Gasteiger partial charge >= 0.3 is 0 Å². The number of unbranched alkanes of at least 4 members (excludes halogenated alkanes) is 8. The third kappa shape index (κ3) is 19.8. The first kappa shape index (κ1) is 21.8. The zero-order valence-corrected chi connectivity index (χ0v) is 15.3. The van der Waals surface area contributed by atoms with E-state index in [-0.39, 0.29) is 0 Å². The van der Waals surface area contributed by atoms with Crippen molar-refractivity contribution < 1.29 is 0 Å². The van der Waals surface area contributed by atoms with Crippen LogP contribution in [0.3, 0.4) is 0 Å². The average Bonchev–Trinajstić information content (AvgIpc) is 2.45. The Kier molecular flexibility index (Phi) is 15.6. The molecule has 0 heterocycles. The van der Waals surface area contributed by atoms with E-state index in [9.17, 15) is 0 Å². The fourth-order valence-electron chi connectivity index (χ4n) is 2.52. The summed E-state index contributed by atoms with van der Waals surface area (Å²) in [6, 6.07) is 0. The number of nitrogens with two attached hydrogens (primary N) is 2. The molecule has 0 radical (unpaired) electrons. The van der Waals surface area contributed by atoms with Crippen LogP contribution >= 0.6 is 0 Å². The van der Waals surface area contributed by atoms with Crippen LogP contribution in [0.2, 0.25) is 0 Å². The van der Waals surface area contributed by atoms with E-state index >= 15 is 0 Å². The molecular formula is C18H42N4. The Hall–Kier alpha value is -0.160. The topological polar surface area (TPSA) is 76.1 Å². The summed E-state index contributed by atoms with van der Waals surface area (Å²) >= 11 is 0. The van der Waals surface area contributed by atoms with Crippen LogP contribution in [-0.2, 0) is 0 Å². The van der Waals surface area contributed by atoms with Gasteiger partial charge in [-0.15, -0.1) is 0 Å².